The number of rotatable bonds is 8. The molecule has 4 nitrogen and oxygen atoms in total. The summed E-state index contributed by atoms with van der Waals surface area (Å²) in [6, 6.07) is 23.5. The SMILES string of the molecule is CCC(C)c1cc[c-]c(-n2ccc(C(C)(C)c3ccn(-c4[c-]ccc(C(C)CC)c4)n3)n2)c1.[Pt+2]. The van der Waals surface area contributed by atoms with E-state index >= 15 is 0 Å². The molecule has 0 aliphatic heterocycles. The predicted octanol–water partition coefficient (Wildman–Crippen LogP) is 7.01. The van der Waals surface area contributed by atoms with Crippen molar-refractivity contribution in [2.45, 2.75) is 71.6 Å². The fourth-order valence-electron chi connectivity index (χ4n) is 4.00. The van der Waals surface area contributed by atoms with Crippen LogP contribution in [0.4, 0.5) is 0 Å². The summed E-state index contributed by atoms with van der Waals surface area (Å²) in [5, 5.41) is 9.83. The molecule has 2 heterocycles. The standard InChI is InChI=1S/C29H34N4.Pt/c1-7-21(3)23-11-9-13-25(19-23)32-17-15-27(30-32)29(5,6)28-16-18-33(31-28)26-14-10-12-24(20-26)22(4)8-2;/h9-12,15-22H,7-8H2,1-6H3;/q-2;+2. The van der Waals surface area contributed by atoms with Gasteiger partial charge in [-0.1, -0.05) is 40.5 Å². The average Bonchev–Trinajstić information content (AvgIpc) is 3.54. The van der Waals surface area contributed by atoms with Gasteiger partial charge in [-0.05, 0) is 49.2 Å². The van der Waals surface area contributed by atoms with E-state index in [2.05, 4.69) is 90.1 Å². The zero-order valence-corrected chi connectivity index (χ0v) is 23.2. The average molecular weight is 634 g/mol. The van der Waals surface area contributed by atoms with E-state index in [1.807, 2.05) is 33.9 Å². The first-order chi connectivity index (χ1) is 15.8. The Hall–Kier alpha value is -2.45. The van der Waals surface area contributed by atoms with Crippen LogP contribution in [0.5, 0.6) is 0 Å². The maximum absolute atomic E-state index is 4.91. The summed E-state index contributed by atoms with van der Waals surface area (Å²) in [5.74, 6) is 1.04. The van der Waals surface area contributed by atoms with Gasteiger partial charge < -0.3 is 0 Å². The second-order valence-corrected chi connectivity index (χ2v) is 9.55. The molecule has 0 N–H and O–H groups in total. The van der Waals surface area contributed by atoms with Gasteiger partial charge in [0, 0.05) is 12.4 Å². The largest absolute Gasteiger partial charge is 2.00 e. The first-order valence-electron chi connectivity index (χ1n) is 12.0. The Balaban J connectivity index is 0.00000324. The molecule has 0 fully saturated rings. The monoisotopic (exact) mass is 633 g/mol. The first kappa shape index (κ1) is 26.2. The van der Waals surface area contributed by atoms with Crippen LogP contribution < -0.4 is 0 Å². The van der Waals surface area contributed by atoms with Crippen LogP contribution in [0, 0.1) is 12.1 Å². The Kier molecular flexibility index (Phi) is 8.36. The van der Waals surface area contributed by atoms with Crippen LogP contribution in [-0.4, -0.2) is 19.6 Å². The van der Waals surface area contributed by atoms with Gasteiger partial charge in [-0.15, -0.1) is 12.1 Å². The Morgan fingerprint density at radius 3 is 1.56 bits per heavy atom. The van der Waals surface area contributed by atoms with Crippen LogP contribution in [0.15, 0.2) is 60.9 Å². The molecule has 0 saturated carbocycles. The summed E-state index contributed by atoms with van der Waals surface area (Å²) < 4.78 is 3.84. The van der Waals surface area contributed by atoms with Crippen LogP contribution >= 0.6 is 0 Å². The molecule has 0 spiro atoms. The van der Waals surface area contributed by atoms with E-state index in [-0.39, 0.29) is 26.5 Å². The molecule has 180 valence electrons. The first-order valence-corrected chi connectivity index (χ1v) is 12.0. The second-order valence-electron chi connectivity index (χ2n) is 9.55. The number of benzene rings is 2. The smallest absolute Gasteiger partial charge is 0.265 e. The van der Waals surface area contributed by atoms with E-state index in [4.69, 9.17) is 10.2 Å². The third-order valence-corrected chi connectivity index (χ3v) is 6.94. The molecule has 4 rings (SSSR count). The molecule has 0 saturated heterocycles. The molecule has 2 aromatic carbocycles. The van der Waals surface area contributed by atoms with Crippen molar-refractivity contribution >= 4 is 0 Å². The summed E-state index contributed by atoms with van der Waals surface area (Å²) in [5.41, 5.74) is 6.20. The predicted molar refractivity (Wildman–Crippen MR) is 134 cm³/mol. The molecule has 0 radical (unpaired) electrons. The van der Waals surface area contributed by atoms with Crippen LogP contribution in [-0.2, 0) is 26.5 Å². The van der Waals surface area contributed by atoms with Gasteiger partial charge >= 0.3 is 21.1 Å². The number of aromatic nitrogens is 4. The Bertz CT molecular complexity index is 1130. The van der Waals surface area contributed by atoms with E-state index in [1.54, 1.807) is 0 Å². The number of hydrogen-bond acceptors (Lipinski definition) is 2. The van der Waals surface area contributed by atoms with Crippen molar-refractivity contribution in [1.29, 1.82) is 0 Å². The van der Waals surface area contributed by atoms with Crippen molar-refractivity contribution in [3.8, 4) is 11.4 Å². The van der Waals surface area contributed by atoms with Crippen LogP contribution in [0.1, 0.15) is 88.7 Å². The molecule has 0 amide bonds. The van der Waals surface area contributed by atoms with Crippen LogP contribution in [0.2, 0.25) is 0 Å². The summed E-state index contributed by atoms with van der Waals surface area (Å²) >= 11 is 0. The van der Waals surface area contributed by atoms with Gasteiger partial charge in [0.15, 0.2) is 0 Å². The van der Waals surface area contributed by atoms with Gasteiger partial charge in [0.1, 0.15) is 0 Å². The molecule has 5 heteroatoms. The van der Waals surface area contributed by atoms with E-state index in [0.29, 0.717) is 11.8 Å². The van der Waals surface area contributed by atoms with Crippen LogP contribution in [0.25, 0.3) is 11.4 Å². The molecule has 34 heavy (non-hydrogen) atoms. The molecule has 2 atom stereocenters. The van der Waals surface area contributed by atoms with Gasteiger partial charge in [-0.3, -0.25) is 9.36 Å². The molecule has 2 aromatic heterocycles. The number of nitrogens with zero attached hydrogens (tertiary/aromatic N) is 4. The fraction of sp³-hybridized carbons (Fsp3) is 0.379. The minimum atomic E-state index is -0.334. The maximum Gasteiger partial charge on any atom is 2.00 e. The Morgan fingerprint density at radius 2 is 1.18 bits per heavy atom. The van der Waals surface area contributed by atoms with E-state index < -0.39 is 0 Å². The van der Waals surface area contributed by atoms with Crippen molar-refractivity contribution in [2.24, 2.45) is 0 Å². The molecule has 0 bridgehead atoms. The minimum absolute atomic E-state index is 0. The van der Waals surface area contributed by atoms with Crippen molar-refractivity contribution in [3.05, 3.63) is 95.6 Å². The van der Waals surface area contributed by atoms with Crippen molar-refractivity contribution in [3.63, 3.8) is 0 Å². The zero-order chi connectivity index (χ0) is 23.6. The molecule has 0 aliphatic rings. The molecule has 0 aliphatic carbocycles. The van der Waals surface area contributed by atoms with Crippen molar-refractivity contribution in [1.82, 2.24) is 19.6 Å². The fourth-order valence-corrected chi connectivity index (χ4v) is 4.00. The van der Waals surface area contributed by atoms with E-state index in [0.717, 1.165) is 35.6 Å². The van der Waals surface area contributed by atoms with E-state index in [1.165, 1.54) is 11.1 Å². The Morgan fingerprint density at radius 1 is 0.765 bits per heavy atom. The maximum atomic E-state index is 4.91. The van der Waals surface area contributed by atoms with Gasteiger partial charge in [-0.25, -0.2) is 0 Å². The third-order valence-electron chi connectivity index (χ3n) is 6.94. The molecule has 2 unspecified atom stereocenters. The molecular formula is C29H34N4Pt. The summed E-state index contributed by atoms with van der Waals surface area (Å²) in [6.07, 6.45) is 6.26. The summed E-state index contributed by atoms with van der Waals surface area (Å²) in [7, 11) is 0. The van der Waals surface area contributed by atoms with Gasteiger partial charge in [-0.2, -0.15) is 57.7 Å². The zero-order valence-electron chi connectivity index (χ0n) is 20.9. The molecule has 4 aromatic rings. The van der Waals surface area contributed by atoms with Crippen LogP contribution in [0.3, 0.4) is 0 Å². The Labute approximate surface area is 218 Å². The topological polar surface area (TPSA) is 35.6 Å². The van der Waals surface area contributed by atoms with Gasteiger partial charge in [0.25, 0.3) is 0 Å². The second kappa shape index (κ2) is 10.9. The number of hydrogen-bond donors (Lipinski definition) is 0. The van der Waals surface area contributed by atoms with Crippen molar-refractivity contribution < 1.29 is 21.1 Å². The quantitative estimate of drug-likeness (QED) is 0.196. The van der Waals surface area contributed by atoms with Gasteiger partial charge in [0.05, 0.1) is 16.8 Å². The van der Waals surface area contributed by atoms with E-state index in [9.17, 15) is 0 Å². The minimum Gasteiger partial charge on any atom is -0.265 e. The normalized spacial score (nSPS) is 13.4. The van der Waals surface area contributed by atoms with Gasteiger partial charge in [0.2, 0.25) is 0 Å². The third kappa shape index (κ3) is 5.28. The van der Waals surface area contributed by atoms with Crippen molar-refractivity contribution in [2.75, 3.05) is 0 Å². The summed E-state index contributed by atoms with van der Waals surface area (Å²) in [4.78, 5) is 0. The summed E-state index contributed by atoms with van der Waals surface area (Å²) in [6.45, 7) is 13.3. The molecular weight excluding hydrogens is 599 g/mol.